The molecular weight excluding hydrogens is 308 g/mol. The third-order valence-corrected chi connectivity index (χ3v) is 6.49. The first-order valence-corrected chi connectivity index (χ1v) is 9.28. The SMILES string of the molecule is CC(NC(=O)NC1C2CC3CC(C2)CC1C3)c1ccc(Cl)cc1. The molecule has 0 saturated heterocycles. The fourth-order valence-corrected chi connectivity index (χ4v) is 5.51. The van der Waals surface area contributed by atoms with E-state index < -0.39 is 0 Å². The zero-order chi connectivity index (χ0) is 16.0. The molecule has 0 heterocycles. The van der Waals surface area contributed by atoms with E-state index in [1.54, 1.807) is 0 Å². The van der Waals surface area contributed by atoms with Gasteiger partial charge in [-0.2, -0.15) is 0 Å². The number of hydrogen-bond acceptors (Lipinski definition) is 1. The van der Waals surface area contributed by atoms with E-state index >= 15 is 0 Å². The quantitative estimate of drug-likeness (QED) is 0.839. The smallest absolute Gasteiger partial charge is 0.315 e. The number of amides is 2. The number of halogens is 1. The minimum absolute atomic E-state index is 0.0101. The van der Waals surface area contributed by atoms with E-state index in [-0.39, 0.29) is 12.1 Å². The zero-order valence-electron chi connectivity index (χ0n) is 13.6. The first kappa shape index (κ1) is 15.3. The Balaban J connectivity index is 1.36. The van der Waals surface area contributed by atoms with Crippen LogP contribution in [0.5, 0.6) is 0 Å². The van der Waals surface area contributed by atoms with Crippen LogP contribution in [0, 0.1) is 23.7 Å². The topological polar surface area (TPSA) is 41.1 Å². The van der Waals surface area contributed by atoms with Gasteiger partial charge in [0.25, 0.3) is 0 Å². The van der Waals surface area contributed by atoms with E-state index in [1.165, 1.54) is 32.1 Å². The average Bonchev–Trinajstić information content (AvgIpc) is 2.50. The molecule has 4 aliphatic carbocycles. The van der Waals surface area contributed by atoms with Crippen molar-refractivity contribution < 1.29 is 4.79 Å². The van der Waals surface area contributed by atoms with Crippen molar-refractivity contribution in [2.45, 2.75) is 51.1 Å². The Morgan fingerprint density at radius 2 is 1.61 bits per heavy atom. The predicted molar refractivity (Wildman–Crippen MR) is 92.4 cm³/mol. The van der Waals surface area contributed by atoms with Gasteiger partial charge in [0.2, 0.25) is 0 Å². The molecule has 4 fully saturated rings. The van der Waals surface area contributed by atoms with Crippen molar-refractivity contribution in [1.29, 1.82) is 0 Å². The normalized spacial score (nSPS) is 35.8. The van der Waals surface area contributed by atoms with Crippen LogP contribution in [0.25, 0.3) is 0 Å². The second kappa shape index (κ2) is 6.01. The molecule has 0 radical (unpaired) electrons. The van der Waals surface area contributed by atoms with E-state index in [0.717, 1.165) is 22.4 Å². The zero-order valence-corrected chi connectivity index (χ0v) is 14.4. The molecule has 1 atom stereocenters. The molecule has 4 bridgehead atoms. The van der Waals surface area contributed by atoms with Crippen molar-refractivity contribution >= 4 is 17.6 Å². The largest absolute Gasteiger partial charge is 0.335 e. The summed E-state index contributed by atoms with van der Waals surface area (Å²) >= 11 is 5.92. The maximum atomic E-state index is 12.4. The first-order chi connectivity index (χ1) is 11.1. The van der Waals surface area contributed by atoms with Crippen LogP contribution in [0.2, 0.25) is 5.02 Å². The third-order valence-electron chi connectivity index (χ3n) is 6.24. The highest BCUT2D eigenvalue weighted by Crippen LogP contribution is 2.53. The fourth-order valence-electron chi connectivity index (χ4n) is 5.39. The molecule has 0 aromatic heterocycles. The molecule has 1 aromatic carbocycles. The summed E-state index contributed by atoms with van der Waals surface area (Å²) in [6, 6.07) is 8.02. The summed E-state index contributed by atoms with van der Waals surface area (Å²) in [6.07, 6.45) is 6.74. The Bertz CT molecular complexity index is 558. The van der Waals surface area contributed by atoms with Crippen molar-refractivity contribution in [2.24, 2.45) is 23.7 Å². The van der Waals surface area contributed by atoms with Gasteiger partial charge in [0, 0.05) is 11.1 Å². The lowest BCUT2D eigenvalue weighted by molar-refractivity contribution is -0.00950. The molecule has 124 valence electrons. The minimum atomic E-state index is -0.0232. The molecular formula is C19H25ClN2O. The molecule has 1 unspecified atom stereocenters. The van der Waals surface area contributed by atoms with Crippen LogP contribution in [0.3, 0.4) is 0 Å². The van der Waals surface area contributed by atoms with Crippen LogP contribution in [0.15, 0.2) is 24.3 Å². The number of benzene rings is 1. The minimum Gasteiger partial charge on any atom is -0.335 e. The number of rotatable bonds is 3. The molecule has 2 N–H and O–H groups in total. The molecule has 0 spiro atoms. The second-order valence-electron chi connectivity index (χ2n) is 7.85. The highest BCUT2D eigenvalue weighted by atomic mass is 35.5. The van der Waals surface area contributed by atoms with Crippen LogP contribution >= 0.6 is 11.6 Å². The predicted octanol–water partition coefficient (Wildman–Crippen LogP) is 4.52. The van der Waals surface area contributed by atoms with Gasteiger partial charge in [-0.3, -0.25) is 0 Å². The van der Waals surface area contributed by atoms with Crippen molar-refractivity contribution in [3.05, 3.63) is 34.9 Å². The summed E-state index contributed by atoms with van der Waals surface area (Å²) in [6.45, 7) is 2.01. The van der Waals surface area contributed by atoms with Gasteiger partial charge in [-0.1, -0.05) is 23.7 Å². The monoisotopic (exact) mass is 332 g/mol. The van der Waals surface area contributed by atoms with Crippen LogP contribution in [0.1, 0.15) is 50.6 Å². The number of hydrogen-bond donors (Lipinski definition) is 2. The molecule has 2 amide bonds. The van der Waals surface area contributed by atoms with Gasteiger partial charge < -0.3 is 10.6 Å². The lowest BCUT2D eigenvalue weighted by Crippen LogP contribution is -2.57. The van der Waals surface area contributed by atoms with Gasteiger partial charge in [-0.05, 0) is 80.4 Å². The van der Waals surface area contributed by atoms with E-state index in [9.17, 15) is 4.79 Å². The second-order valence-corrected chi connectivity index (χ2v) is 8.28. The molecule has 1 aromatic rings. The van der Waals surface area contributed by atoms with Crippen LogP contribution < -0.4 is 10.6 Å². The Hall–Kier alpha value is -1.22. The van der Waals surface area contributed by atoms with Crippen LogP contribution in [-0.4, -0.2) is 12.1 Å². The van der Waals surface area contributed by atoms with Gasteiger partial charge >= 0.3 is 6.03 Å². The van der Waals surface area contributed by atoms with Crippen LogP contribution in [0.4, 0.5) is 4.79 Å². The lowest BCUT2D eigenvalue weighted by Gasteiger charge is -2.54. The summed E-state index contributed by atoms with van der Waals surface area (Å²) < 4.78 is 0. The van der Waals surface area contributed by atoms with Gasteiger partial charge in [0.15, 0.2) is 0 Å². The van der Waals surface area contributed by atoms with Gasteiger partial charge in [-0.15, -0.1) is 0 Å². The summed E-state index contributed by atoms with van der Waals surface area (Å²) in [4.78, 5) is 12.4. The van der Waals surface area contributed by atoms with E-state index in [2.05, 4.69) is 10.6 Å². The fraction of sp³-hybridized carbons (Fsp3) is 0.632. The maximum absolute atomic E-state index is 12.4. The summed E-state index contributed by atoms with van der Waals surface area (Å²) in [7, 11) is 0. The molecule has 3 nitrogen and oxygen atoms in total. The standard InChI is InChI=1S/C19H25ClN2O/c1-11(14-2-4-17(20)5-3-14)21-19(23)22-18-15-7-12-6-13(9-15)10-16(18)8-12/h2-5,11-13,15-16,18H,6-10H2,1H3,(H2,21,22,23). The van der Waals surface area contributed by atoms with Crippen molar-refractivity contribution in [3.63, 3.8) is 0 Å². The molecule has 0 aliphatic heterocycles. The van der Waals surface area contributed by atoms with E-state index in [4.69, 9.17) is 11.6 Å². The van der Waals surface area contributed by atoms with E-state index in [0.29, 0.717) is 17.9 Å². The highest BCUT2D eigenvalue weighted by molar-refractivity contribution is 6.30. The number of urea groups is 1. The average molecular weight is 333 g/mol. The summed E-state index contributed by atoms with van der Waals surface area (Å²) in [5.41, 5.74) is 1.08. The lowest BCUT2D eigenvalue weighted by atomic mass is 9.54. The van der Waals surface area contributed by atoms with E-state index in [1.807, 2.05) is 31.2 Å². The molecule has 4 saturated carbocycles. The third kappa shape index (κ3) is 3.08. The Morgan fingerprint density at radius 1 is 1.04 bits per heavy atom. The molecule has 23 heavy (non-hydrogen) atoms. The van der Waals surface area contributed by atoms with Gasteiger partial charge in [0.1, 0.15) is 0 Å². The van der Waals surface area contributed by atoms with Gasteiger partial charge in [0.05, 0.1) is 6.04 Å². The van der Waals surface area contributed by atoms with Crippen molar-refractivity contribution in [2.75, 3.05) is 0 Å². The number of carbonyl (C=O) groups excluding carboxylic acids is 1. The number of nitrogens with one attached hydrogen (secondary N) is 2. The van der Waals surface area contributed by atoms with Crippen molar-refractivity contribution in [3.8, 4) is 0 Å². The molecule has 4 heteroatoms. The molecule has 5 rings (SSSR count). The summed E-state index contributed by atoms with van der Waals surface area (Å²) in [5, 5.41) is 7.10. The Labute approximate surface area is 143 Å². The highest BCUT2D eigenvalue weighted by Gasteiger charge is 2.48. The summed E-state index contributed by atoms with van der Waals surface area (Å²) in [5.74, 6) is 3.30. The first-order valence-electron chi connectivity index (χ1n) is 8.91. The Morgan fingerprint density at radius 3 is 2.17 bits per heavy atom. The van der Waals surface area contributed by atoms with Gasteiger partial charge in [-0.25, -0.2) is 4.79 Å². The maximum Gasteiger partial charge on any atom is 0.315 e. The van der Waals surface area contributed by atoms with Crippen LogP contribution in [-0.2, 0) is 0 Å². The Kier molecular flexibility index (Phi) is 4.00. The number of carbonyl (C=O) groups is 1. The molecule has 4 aliphatic rings. The van der Waals surface area contributed by atoms with Crippen molar-refractivity contribution in [1.82, 2.24) is 10.6 Å².